The van der Waals surface area contributed by atoms with E-state index in [1.807, 2.05) is 0 Å². The Morgan fingerprint density at radius 2 is 2.20 bits per heavy atom. The monoisotopic (exact) mass is 452 g/mol. The number of aryl methyl sites for hydroxylation is 1. The summed E-state index contributed by atoms with van der Waals surface area (Å²) in [6.45, 7) is 7.45. The van der Waals surface area contributed by atoms with E-state index in [9.17, 15) is 13.6 Å². The minimum Gasteiger partial charge on any atom is -0.355 e. The molecule has 0 bridgehead atoms. The summed E-state index contributed by atoms with van der Waals surface area (Å²) in [7, 11) is 1.58. The van der Waals surface area contributed by atoms with E-state index < -0.39 is 11.7 Å². The molecule has 2 amide bonds. The molecule has 1 aliphatic carbocycles. The van der Waals surface area contributed by atoms with Crippen molar-refractivity contribution >= 4 is 37.7 Å². The van der Waals surface area contributed by atoms with Gasteiger partial charge in [-0.3, -0.25) is 5.32 Å². The molecule has 162 valence electrons. The highest BCUT2D eigenvalue weighted by molar-refractivity contribution is 7.17. The lowest BCUT2D eigenvalue weighted by atomic mass is 9.88. The molecule has 2 unspecified atom stereocenters. The van der Waals surface area contributed by atoms with Gasteiger partial charge in [0.1, 0.15) is 5.00 Å². The van der Waals surface area contributed by atoms with Crippen LogP contribution in [0.2, 0.25) is 0 Å². The maximum atomic E-state index is 14.1. The van der Waals surface area contributed by atoms with Gasteiger partial charge in [-0.05, 0) is 49.3 Å². The van der Waals surface area contributed by atoms with Gasteiger partial charge in [0.15, 0.2) is 0 Å². The molecule has 2 aromatic heterocycles. The van der Waals surface area contributed by atoms with E-state index in [2.05, 4.69) is 34.4 Å². The highest BCUT2D eigenvalue weighted by Gasteiger charge is 2.33. The summed E-state index contributed by atoms with van der Waals surface area (Å²) in [5.41, 5.74) is 1.16. The van der Waals surface area contributed by atoms with Gasteiger partial charge in [-0.2, -0.15) is 8.78 Å². The summed E-state index contributed by atoms with van der Waals surface area (Å²) < 4.78 is 28.2. The van der Waals surface area contributed by atoms with Crippen molar-refractivity contribution in [2.24, 2.45) is 5.92 Å². The number of rotatable bonds is 5. The average molecular weight is 453 g/mol. The molecular weight excluding hydrogens is 425 g/mol. The summed E-state index contributed by atoms with van der Waals surface area (Å²) in [4.78, 5) is 16.8. The number of thiophene rings is 1. The third-order valence-corrected chi connectivity index (χ3v) is 7.41. The fourth-order valence-electron chi connectivity index (χ4n) is 4.40. The first-order valence-electron chi connectivity index (χ1n) is 10.2. The van der Waals surface area contributed by atoms with Crippen molar-refractivity contribution in [2.45, 2.75) is 51.4 Å². The molecule has 2 aromatic rings. The highest BCUT2D eigenvalue weighted by Crippen LogP contribution is 2.41. The summed E-state index contributed by atoms with van der Waals surface area (Å²) in [5.74, 6) is 0.619. The van der Waals surface area contributed by atoms with Crippen molar-refractivity contribution in [1.82, 2.24) is 15.6 Å². The zero-order chi connectivity index (χ0) is 21.5. The van der Waals surface area contributed by atoms with Crippen LogP contribution in [0.4, 0.5) is 18.6 Å². The number of urea groups is 1. The van der Waals surface area contributed by atoms with Gasteiger partial charge in [0.2, 0.25) is 0 Å². The number of hydrogen-bond donors (Lipinski definition) is 4. The van der Waals surface area contributed by atoms with Crippen LogP contribution in [0, 0.1) is 5.92 Å². The van der Waals surface area contributed by atoms with Crippen LogP contribution in [0.5, 0.6) is 0 Å². The Morgan fingerprint density at radius 3 is 2.93 bits per heavy atom. The lowest BCUT2D eigenvalue weighted by Gasteiger charge is -2.18. The number of nitrogens with one attached hydrogen (secondary N) is 4. The van der Waals surface area contributed by atoms with Crippen LogP contribution in [-0.4, -0.2) is 17.6 Å². The number of alkyl halides is 2. The van der Waals surface area contributed by atoms with E-state index >= 15 is 0 Å². The van der Waals surface area contributed by atoms with Crippen LogP contribution < -0.4 is 16.0 Å². The van der Waals surface area contributed by atoms with Gasteiger partial charge in [-0.1, -0.05) is 28.8 Å². The van der Waals surface area contributed by atoms with Gasteiger partial charge in [0.05, 0.1) is 5.69 Å². The molecule has 0 radical (unpaired) electrons. The molecule has 9 heteroatoms. The largest absolute Gasteiger partial charge is 0.355 e. The number of aromatic amines is 1. The van der Waals surface area contributed by atoms with E-state index in [-0.39, 0.29) is 12.2 Å². The summed E-state index contributed by atoms with van der Waals surface area (Å²) in [6.07, 6.45) is 5.61. The van der Waals surface area contributed by atoms with Gasteiger partial charge in [0, 0.05) is 34.8 Å². The number of carbonyl (C=O) groups is 1. The third-order valence-electron chi connectivity index (χ3n) is 5.90. The normalized spacial score (nSPS) is 18.5. The van der Waals surface area contributed by atoms with Crippen LogP contribution in [0.1, 0.15) is 51.9 Å². The number of H-pyrrole nitrogens is 1. The van der Waals surface area contributed by atoms with Crippen LogP contribution in [0.25, 0.3) is 6.08 Å². The van der Waals surface area contributed by atoms with Crippen molar-refractivity contribution in [3.8, 4) is 0 Å². The van der Waals surface area contributed by atoms with Gasteiger partial charge in [-0.15, -0.1) is 11.3 Å². The molecule has 4 N–H and O–H groups in total. The molecule has 4 rings (SSSR count). The molecule has 30 heavy (non-hydrogen) atoms. The number of halogens is 2. The second-order valence-corrected chi connectivity index (χ2v) is 9.92. The molecular formula is C21H27F2N4OPS. The molecule has 5 nitrogen and oxygen atoms in total. The molecule has 1 aliphatic heterocycles. The minimum atomic E-state index is -3.08. The van der Waals surface area contributed by atoms with Crippen LogP contribution in [0.15, 0.2) is 6.58 Å². The van der Waals surface area contributed by atoms with E-state index in [1.54, 1.807) is 26.7 Å². The summed E-state index contributed by atoms with van der Waals surface area (Å²) >= 11 is 1.59. The van der Waals surface area contributed by atoms with Gasteiger partial charge in [0.25, 0.3) is 5.66 Å². The quantitative estimate of drug-likeness (QED) is 0.495. The maximum absolute atomic E-state index is 14.1. The molecule has 3 heterocycles. The highest BCUT2D eigenvalue weighted by atomic mass is 32.1. The zero-order valence-corrected chi connectivity index (χ0v) is 18.9. The number of fused-ring (bicyclic) bond motifs is 2. The SMILES string of the molecule is C=Cc1c(NC(=O)NCc2c(C(F)(F)P)[nH]c3c2CCNC3)sc2c1CC(C)CC2. The number of anilines is 1. The van der Waals surface area contributed by atoms with Crippen molar-refractivity contribution in [1.29, 1.82) is 0 Å². The first kappa shape index (κ1) is 21.5. The fraction of sp³-hybridized carbons (Fsp3) is 0.476. The average Bonchev–Trinajstić information content (AvgIpc) is 3.23. The van der Waals surface area contributed by atoms with E-state index in [4.69, 9.17) is 0 Å². The molecule has 0 fully saturated rings. The van der Waals surface area contributed by atoms with Crippen molar-refractivity contribution in [3.05, 3.63) is 45.1 Å². The molecule has 0 spiro atoms. The predicted octanol–water partition coefficient (Wildman–Crippen LogP) is 4.74. The number of aromatic nitrogens is 1. The van der Waals surface area contributed by atoms with Crippen molar-refractivity contribution in [2.75, 3.05) is 11.9 Å². The van der Waals surface area contributed by atoms with Crippen molar-refractivity contribution < 1.29 is 13.6 Å². The summed E-state index contributed by atoms with van der Waals surface area (Å²) in [5, 5.41) is 9.65. The van der Waals surface area contributed by atoms with E-state index in [0.29, 0.717) is 24.4 Å². The van der Waals surface area contributed by atoms with Crippen LogP contribution in [-0.2, 0) is 38.0 Å². The number of amides is 2. The van der Waals surface area contributed by atoms with Gasteiger partial charge < -0.3 is 15.6 Å². The van der Waals surface area contributed by atoms with Gasteiger partial charge in [-0.25, -0.2) is 4.79 Å². The Labute approximate surface area is 181 Å². The lowest BCUT2D eigenvalue weighted by Crippen LogP contribution is -2.30. The third kappa shape index (κ3) is 4.18. The Balaban J connectivity index is 1.50. The summed E-state index contributed by atoms with van der Waals surface area (Å²) in [6, 6.07) is -0.397. The topological polar surface area (TPSA) is 69.0 Å². The Kier molecular flexibility index (Phi) is 6.02. The zero-order valence-electron chi connectivity index (χ0n) is 17.0. The molecule has 2 aliphatic rings. The van der Waals surface area contributed by atoms with Crippen molar-refractivity contribution in [3.63, 3.8) is 0 Å². The fourth-order valence-corrected chi connectivity index (χ4v) is 5.89. The van der Waals surface area contributed by atoms with E-state index in [0.717, 1.165) is 47.6 Å². The second-order valence-electron chi connectivity index (χ2n) is 8.09. The smallest absolute Gasteiger partial charge is 0.320 e. The lowest BCUT2D eigenvalue weighted by molar-refractivity contribution is 0.0979. The molecule has 2 atom stereocenters. The maximum Gasteiger partial charge on any atom is 0.320 e. The second kappa shape index (κ2) is 8.40. The predicted molar refractivity (Wildman–Crippen MR) is 121 cm³/mol. The number of carbonyl (C=O) groups excluding carboxylic acids is 1. The Bertz CT molecular complexity index is 979. The molecule has 0 saturated heterocycles. The minimum absolute atomic E-state index is 0.0442. The van der Waals surface area contributed by atoms with Crippen LogP contribution in [0.3, 0.4) is 0 Å². The Hall–Kier alpha value is -1.76. The van der Waals surface area contributed by atoms with Crippen LogP contribution >= 0.6 is 20.6 Å². The number of hydrogen-bond acceptors (Lipinski definition) is 3. The standard InChI is InChI=1S/C21H27F2N4OPS/c1-3-12-14-8-11(2)4-5-17(14)30-19(12)27-20(28)25-9-15-13-6-7-24-10-16(13)26-18(15)21(22,23)29/h3,11,24,26H,1,4-10,29H2,2H3,(H2,25,27,28). The Morgan fingerprint density at radius 1 is 1.40 bits per heavy atom. The first-order valence-corrected chi connectivity index (χ1v) is 11.6. The molecule has 0 aromatic carbocycles. The molecule has 0 saturated carbocycles. The first-order chi connectivity index (χ1) is 14.3. The van der Waals surface area contributed by atoms with Gasteiger partial charge >= 0.3 is 6.03 Å². The van der Waals surface area contributed by atoms with E-state index in [1.165, 1.54) is 10.4 Å².